The molecule has 34 heavy (non-hydrogen) atoms. The minimum absolute atomic E-state index is 0.00777. The predicted octanol–water partition coefficient (Wildman–Crippen LogP) is 4.97. The average Bonchev–Trinajstić information content (AvgIpc) is 2.89. The summed E-state index contributed by atoms with van der Waals surface area (Å²) in [5.74, 6) is -1.89. The van der Waals surface area contributed by atoms with E-state index in [2.05, 4.69) is 5.32 Å². The van der Waals surface area contributed by atoms with Crippen molar-refractivity contribution in [1.82, 2.24) is 5.32 Å². The van der Waals surface area contributed by atoms with E-state index in [-0.39, 0.29) is 18.2 Å². The van der Waals surface area contributed by atoms with Gasteiger partial charge in [0.25, 0.3) is 5.91 Å². The van der Waals surface area contributed by atoms with Crippen LogP contribution in [0.3, 0.4) is 0 Å². The maximum Gasteiger partial charge on any atom is 0.256 e. The molecular weight excluding hydrogens is 473 g/mol. The minimum Gasteiger partial charge on any atom is -0.398 e. The molecule has 4 rings (SSSR count). The Hall–Kier alpha value is -3.35. The Morgan fingerprint density at radius 3 is 2.53 bits per heavy atom. The highest BCUT2D eigenvalue weighted by Crippen LogP contribution is 2.44. The van der Waals surface area contributed by atoms with Crippen LogP contribution in [0.5, 0.6) is 0 Å². The maximum absolute atomic E-state index is 13.5. The zero-order valence-corrected chi connectivity index (χ0v) is 20.2. The zero-order valence-electron chi connectivity index (χ0n) is 18.6. The molecule has 0 bridgehead atoms. The highest BCUT2D eigenvalue weighted by atomic mass is 35.5. The Labute approximate surface area is 207 Å². The number of nitrogens with two attached hydrogens (primary N) is 1. The summed E-state index contributed by atoms with van der Waals surface area (Å²) in [4.78, 5) is 40.8. The monoisotopic (exact) mass is 495 g/mol. The maximum atomic E-state index is 13.5. The van der Waals surface area contributed by atoms with Crippen molar-refractivity contribution in [3.8, 4) is 11.1 Å². The first-order chi connectivity index (χ1) is 16.2. The van der Waals surface area contributed by atoms with Crippen molar-refractivity contribution in [3.05, 3.63) is 81.8 Å². The highest BCUT2D eigenvalue weighted by Gasteiger charge is 2.37. The number of rotatable bonds is 4. The lowest BCUT2D eigenvalue weighted by Gasteiger charge is -2.26. The molecule has 174 valence electrons. The number of carbonyl (C=O) groups excluding carboxylic acids is 3. The molecule has 2 atom stereocenters. The molecule has 0 fully saturated rings. The average molecular weight is 496 g/mol. The molecular formula is C26H23Cl2N3O3. The van der Waals surface area contributed by atoms with Crippen LogP contribution in [0.2, 0.25) is 10.0 Å². The molecule has 1 heterocycles. The topological polar surface area (TPSA) is 92.5 Å². The zero-order chi connectivity index (χ0) is 24.6. The number of nitrogens with one attached hydrogen (secondary N) is 1. The number of nitrogen functional groups attached to an aromatic ring is 1. The summed E-state index contributed by atoms with van der Waals surface area (Å²) in [7, 11) is 0. The number of hydrogen-bond donors (Lipinski definition) is 2. The molecule has 0 aromatic heterocycles. The number of anilines is 2. The molecule has 3 aromatic carbocycles. The van der Waals surface area contributed by atoms with E-state index in [1.54, 1.807) is 50.2 Å². The first-order valence-electron chi connectivity index (χ1n) is 10.8. The van der Waals surface area contributed by atoms with Gasteiger partial charge in [-0.15, -0.1) is 0 Å². The van der Waals surface area contributed by atoms with Crippen molar-refractivity contribution in [2.24, 2.45) is 0 Å². The summed E-state index contributed by atoms with van der Waals surface area (Å²) in [6.07, 6.45) is 0.00777. The van der Waals surface area contributed by atoms with E-state index in [1.165, 1.54) is 0 Å². The van der Waals surface area contributed by atoms with Crippen LogP contribution in [0.25, 0.3) is 11.1 Å². The van der Waals surface area contributed by atoms with Crippen LogP contribution < -0.4 is 16.0 Å². The number of carbonyl (C=O) groups is 3. The number of nitrogens with zero attached hydrogens (tertiary/aromatic N) is 1. The van der Waals surface area contributed by atoms with Gasteiger partial charge in [0.15, 0.2) is 0 Å². The summed E-state index contributed by atoms with van der Waals surface area (Å²) in [6.45, 7) is 3.31. The summed E-state index contributed by atoms with van der Waals surface area (Å²) >= 11 is 12.0. The Balaban J connectivity index is 1.63. The third-order valence-corrected chi connectivity index (χ3v) is 6.66. The van der Waals surface area contributed by atoms with Gasteiger partial charge in [-0.1, -0.05) is 59.6 Å². The lowest BCUT2D eigenvalue weighted by molar-refractivity contribution is -0.131. The van der Waals surface area contributed by atoms with E-state index >= 15 is 0 Å². The van der Waals surface area contributed by atoms with Crippen LogP contribution in [0, 0.1) is 0 Å². The van der Waals surface area contributed by atoms with E-state index < -0.39 is 17.9 Å². The van der Waals surface area contributed by atoms with Crippen LogP contribution in [0.1, 0.15) is 30.9 Å². The van der Waals surface area contributed by atoms with Gasteiger partial charge in [-0.25, -0.2) is 4.90 Å². The smallest absolute Gasteiger partial charge is 0.256 e. The van der Waals surface area contributed by atoms with Gasteiger partial charge in [0, 0.05) is 11.3 Å². The molecule has 3 aromatic rings. The van der Waals surface area contributed by atoms with Gasteiger partial charge in [0.05, 0.1) is 28.1 Å². The summed E-state index contributed by atoms with van der Waals surface area (Å²) in [5, 5.41) is 3.42. The van der Waals surface area contributed by atoms with Crippen LogP contribution in [0.4, 0.5) is 11.4 Å². The molecule has 8 heteroatoms. The third-order valence-electron chi connectivity index (χ3n) is 5.92. The first kappa shape index (κ1) is 23.8. The van der Waals surface area contributed by atoms with Gasteiger partial charge in [-0.05, 0) is 54.8 Å². The lowest BCUT2D eigenvalue weighted by atomic mass is 9.92. The molecule has 0 saturated heterocycles. The normalized spacial score (nSPS) is 15.7. The van der Waals surface area contributed by atoms with E-state index in [0.29, 0.717) is 32.5 Å². The summed E-state index contributed by atoms with van der Waals surface area (Å²) in [6, 6.07) is 16.6. The SMILES string of the molecule is CC1C(=O)N(C(=O)[C@H](C)NC(=O)Cc2ccc(Cl)c(Cl)c2)c2cccc(N)c2-c2ccccc21. The third kappa shape index (κ3) is 4.39. The van der Waals surface area contributed by atoms with Gasteiger partial charge in [0.1, 0.15) is 6.04 Å². The van der Waals surface area contributed by atoms with Crippen molar-refractivity contribution in [2.45, 2.75) is 32.2 Å². The van der Waals surface area contributed by atoms with Gasteiger partial charge >= 0.3 is 0 Å². The molecule has 3 amide bonds. The molecule has 1 unspecified atom stereocenters. The van der Waals surface area contributed by atoms with Crippen LogP contribution >= 0.6 is 23.2 Å². The number of halogens is 2. The molecule has 1 aliphatic rings. The molecule has 0 radical (unpaired) electrons. The molecule has 1 aliphatic heterocycles. The highest BCUT2D eigenvalue weighted by molar-refractivity contribution is 6.42. The Morgan fingerprint density at radius 1 is 1.06 bits per heavy atom. The van der Waals surface area contributed by atoms with Crippen molar-refractivity contribution < 1.29 is 14.4 Å². The fourth-order valence-electron chi connectivity index (χ4n) is 4.20. The minimum atomic E-state index is -0.957. The molecule has 0 aliphatic carbocycles. The second-order valence-corrected chi connectivity index (χ2v) is 9.09. The number of amides is 3. The van der Waals surface area contributed by atoms with Crippen LogP contribution in [-0.2, 0) is 20.8 Å². The van der Waals surface area contributed by atoms with Gasteiger partial charge in [0.2, 0.25) is 11.8 Å². The predicted molar refractivity (Wildman–Crippen MR) is 135 cm³/mol. The van der Waals surface area contributed by atoms with Gasteiger partial charge < -0.3 is 11.1 Å². The summed E-state index contributed by atoms with van der Waals surface area (Å²) < 4.78 is 0. The lowest BCUT2D eigenvalue weighted by Crippen LogP contribution is -2.50. The fourth-order valence-corrected chi connectivity index (χ4v) is 4.52. The standard InChI is InChI=1S/C26H23Cl2N3O3/c1-14-17-6-3-4-7-18(17)24-21(29)8-5-9-22(24)31(25(14)33)26(34)15(2)30-23(32)13-16-10-11-19(27)20(28)12-16/h3-12,14-15H,13,29H2,1-2H3,(H,30,32)/t14?,15-/m0/s1. The number of imide groups is 1. The molecule has 0 saturated carbocycles. The van der Waals surface area contributed by atoms with Crippen LogP contribution in [-0.4, -0.2) is 23.8 Å². The summed E-state index contributed by atoms with van der Waals surface area (Å²) in [5.41, 5.74) is 10.0. The van der Waals surface area contributed by atoms with Crippen molar-refractivity contribution in [1.29, 1.82) is 0 Å². The Kier molecular flexibility index (Phi) is 6.64. The number of benzene rings is 3. The van der Waals surface area contributed by atoms with E-state index in [4.69, 9.17) is 28.9 Å². The van der Waals surface area contributed by atoms with E-state index in [1.807, 2.05) is 24.3 Å². The Morgan fingerprint density at radius 2 is 1.79 bits per heavy atom. The fraction of sp³-hybridized carbons (Fsp3) is 0.192. The molecule has 0 spiro atoms. The van der Waals surface area contributed by atoms with Crippen molar-refractivity contribution in [2.75, 3.05) is 10.6 Å². The largest absolute Gasteiger partial charge is 0.398 e. The van der Waals surface area contributed by atoms with E-state index in [0.717, 1.165) is 16.0 Å². The van der Waals surface area contributed by atoms with Crippen molar-refractivity contribution in [3.63, 3.8) is 0 Å². The molecule has 3 N–H and O–H groups in total. The van der Waals surface area contributed by atoms with Crippen molar-refractivity contribution >= 4 is 52.3 Å². The van der Waals surface area contributed by atoms with Gasteiger partial charge in [-0.2, -0.15) is 0 Å². The second-order valence-electron chi connectivity index (χ2n) is 8.28. The second kappa shape index (κ2) is 9.49. The first-order valence-corrected chi connectivity index (χ1v) is 11.5. The van der Waals surface area contributed by atoms with E-state index in [9.17, 15) is 14.4 Å². The number of hydrogen-bond acceptors (Lipinski definition) is 4. The number of fused-ring (bicyclic) bond motifs is 3. The Bertz CT molecular complexity index is 1310. The quantitative estimate of drug-likeness (QED) is 0.499. The van der Waals surface area contributed by atoms with Crippen LogP contribution in [0.15, 0.2) is 60.7 Å². The van der Waals surface area contributed by atoms with Gasteiger partial charge in [-0.3, -0.25) is 14.4 Å². The molecule has 6 nitrogen and oxygen atoms in total.